The Kier molecular flexibility index (Phi) is 2.94. The van der Waals surface area contributed by atoms with Crippen LogP contribution in [-0.2, 0) is 11.8 Å². The van der Waals surface area contributed by atoms with Crippen molar-refractivity contribution in [2.45, 2.75) is 6.42 Å². The predicted octanol–water partition coefficient (Wildman–Crippen LogP) is 2.29. The lowest BCUT2D eigenvalue weighted by molar-refractivity contribution is 0.205. The van der Waals surface area contributed by atoms with E-state index in [2.05, 4.69) is 22.2 Å². The first kappa shape index (κ1) is 11.2. The number of aryl methyl sites for hydroxylation is 1. The van der Waals surface area contributed by atoms with Crippen molar-refractivity contribution in [3.63, 3.8) is 0 Å². The van der Waals surface area contributed by atoms with E-state index in [-0.39, 0.29) is 0 Å². The summed E-state index contributed by atoms with van der Waals surface area (Å²) < 4.78 is 7.14. The lowest BCUT2D eigenvalue weighted by atomic mass is 10.1. The summed E-state index contributed by atoms with van der Waals surface area (Å²) in [7, 11) is 1.92. The van der Waals surface area contributed by atoms with Crippen LogP contribution in [0.1, 0.15) is 12.0 Å². The summed E-state index contributed by atoms with van der Waals surface area (Å²) in [6.45, 7) is 1.58. The van der Waals surface area contributed by atoms with E-state index >= 15 is 0 Å². The van der Waals surface area contributed by atoms with Gasteiger partial charge in [0.05, 0.1) is 19.4 Å². The van der Waals surface area contributed by atoms with E-state index in [1.54, 1.807) is 4.68 Å². The molecule has 2 aromatic rings. The van der Waals surface area contributed by atoms with Gasteiger partial charge in [-0.1, -0.05) is 6.08 Å². The minimum Gasteiger partial charge on any atom is -0.377 e. The van der Waals surface area contributed by atoms with E-state index in [4.69, 9.17) is 4.74 Å². The van der Waals surface area contributed by atoms with E-state index in [9.17, 15) is 0 Å². The Balaban J connectivity index is 1.91. The number of nitrogens with zero attached hydrogens (tertiary/aromatic N) is 3. The molecule has 4 heteroatoms. The molecule has 0 saturated carbocycles. The third-order valence-corrected chi connectivity index (χ3v) is 3.02. The van der Waals surface area contributed by atoms with Crippen molar-refractivity contribution >= 4 is 6.08 Å². The first-order valence-corrected chi connectivity index (χ1v) is 6.02. The molecule has 2 aromatic heterocycles. The van der Waals surface area contributed by atoms with Gasteiger partial charge >= 0.3 is 0 Å². The van der Waals surface area contributed by atoms with Gasteiger partial charge in [-0.25, -0.2) is 0 Å². The van der Waals surface area contributed by atoms with Crippen LogP contribution in [0.15, 0.2) is 36.4 Å². The Morgan fingerprint density at radius 3 is 2.94 bits per heavy atom. The minimum atomic E-state index is 0.747. The maximum absolute atomic E-state index is 5.35. The van der Waals surface area contributed by atoms with E-state index in [0.717, 1.165) is 36.3 Å². The molecule has 0 atom stereocenters. The largest absolute Gasteiger partial charge is 0.377 e. The van der Waals surface area contributed by atoms with Crippen molar-refractivity contribution in [1.82, 2.24) is 14.8 Å². The maximum Gasteiger partial charge on any atom is 0.0681 e. The lowest BCUT2D eigenvalue weighted by Crippen LogP contribution is -1.85. The van der Waals surface area contributed by atoms with Gasteiger partial charge in [0.2, 0.25) is 0 Å². The van der Waals surface area contributed by atoms with Gasteiger partial charge in [0, 0.05) is 36.8 Å². The Labute approximate surface area is 106 Å². The van der Waals surface area contributed by atoms with Crippen LogP contribution in [-0.4, -0.2) is 28.0 Å². The number of aromatic nitrogens is 3. The summed E-state index contributed by atoms with van der Waals surface area (Å²) in [5.41, 5.74) is 4.64. The molecule has 18 heavy (non-hydrogen) atoms. The molecule has 0 unspecified atom stereocenters. The highest BCUT2D eigenvalue weighted by Gasteiger charge is 2.07. The van der Waals surface area contributed by atoms with Crippen molar-refractivity contribution in [1.29, 1.82) is 0 Å². The van der Waals surface area contributed by atoms with Crippen LogP contribution in [0.2, 0.25) is 0 Å². The van der Waals surface area contributed by atoms with Gasteiger partial charge in [0.15, 0.2) is 0 Å². The Bertz CT molecular complexity index is 578. The summed E-state index contributed by atoms with van der Waals surface area (Å²) in [6.07, 6.45) is 10.8. The SMILES string of the molecule is Cn1cc(-c2cncc(/C=C3\CCOC3)c2)cn1. The van der Waals surface area contributed by atoms with Crippen molar-refractivity contribution in [2.75, 3.05) is 13.2 Å². The number of pyridine rings is 1. The van der Waals surface area contributed by atoms with Crippen LogP contribution >= 0.6 is 0 Å². The van der Waals surface area contributed by atoms with Crippen molar-refractivity contribution < 1.29 is 4.74 Å². The highest BCUT2D eigenvalue weighted by Crippen LogP contribution is 2.21. The second-order valence-electron chi connectivity index (χ2n) is 4.51. The second kappa shape index (κ2) is 4.74. The fourth-order valence-electron chi connectivity index (χ4n) is 2.09. The molecule has 0 aliphatic carbocycles. The first-order valence-electron chi connectivity index (χ1n) is 6.02. The van der Waals surface area contributed by atoms with Crippen LogP contribution in [0.25, 0.3) is 17.2 Å². The molecule has 0 spiro atoms. The van der Waals surface area contributed by atoms with E-state index in [0.29, 0.717) is 0 Å². The minimum absolute atomic E-state index is 0.747. The Morgan fingerprint density at radius 1 is 1.28 bits per heavy atom. The summed E-state index contributed by atoms with van der Waals surface area (Å²) in [5, 5.41) is 4.18. The number of ether oxygens (including phenoxy) is 1. The molecule has 92 valence electrons. The predicted molar refractivity (Wildman–Crippen MR) is 69.9 cm³/mol. The van der Waals surface area contributed by atoms with Gasteiger partial charge in [-0.05, 0) is 23.6 Å². The van der Waals surface area contributed by atoms with Crippen LogP contribution in [0.5, 0.6) is 0 Å². The molecular weight excluding hydrogens is 226 g/mol. The summed E-state index contributed by atoms with van der Waals surface area (Å²) in [6, 6.07) is 2.13. The molecule has 0 radical (unpaired) electrons. The smallest absolute Gasteiger partial charge is 0.0681 e. The van der Waals surface area contributed by atoms with Gasteiger partial charge in [-0.15, -0.1) is 0 Å². The van der Waals surface area contributed by atoms with Crippen LogP contribution in [0, 0.1) is 0 Å². The highest BCUT2D eigenvalue weighted by atomic mass is 16.5. The average molecular weight is 241 g/mol. The van der Waals surface area contributed by atoms with Gasteiger partial charge in [-0.3, -0.25) is 9.67 Å². The fraction of sp³-hybridized carbons (Fsp3) is 0.286. The topological polar surface area (TPSA) is 39.9 Å². The molecule has 4 nitrogen and oxygen atoms in total. The van der Waals surface area contributed by atoms with Crippen LogP contribution in [0.3, 0.4) is 0 Å². The highest BCUT2D eigenvalue weighted by molar-refractivity contribution is 5.65. The molecule has 1 saturated heterocycles. The number of hydrogen-bond donors (Lipinski definition) is 0. The molecule has 0 N–H and O–H groups in total. The molecule has 1 aliphatic heterocycles. The summed E-state index contributed by atoms with van der Waals surface area (Å²) in [5.74, 6) is 0. The zero-order valence-electron chi connectivity index (χ0n) is 10.3. The second-order valence-corrected chi connectivity index (χ2v) is 4.51. The Hall–Kier alpha value is -1.94. The normalized spacial score (nSPS) is 17.5. The van der Waals surface area contributed by atoms with Crippen LogP contribution < -0.4 is 0 Å². The quantitative estimate of drug-likeness (QED) is 0.809. The molecule has 0 aromatic carbocycles. The fourth-order valence-corrected chi connectivity index (χ4v) is 2.09. The van der Waals surface area contributed by atoms with Gasteiger partial charge < -0.3 is 4.74 Å². The molecule has 3 rings (SSSR count). The van der Waals surface area contributed by atoms with Gasteiger partial charge in [0.25, 0.3) is 0 Å². The van der Waals surface area contributed by atoms with E-state index < -0.39 is 0 Å². The van der Waals surface area contributed by atoms with E-state index in [1.807, 2.05) is 31.8 Å². The zero-order chi connectivity index (χ0) is 12.4. The standard InChI is InChI=1S/C14H15N3O/c1-17-9-14(8-16-17)13-5-12(6-15-7-13)4-11-2-3-18-10-11/h4-9H,2-3,10H2,1H3/b11-4+. The van der Waals surface area contributed by atoms with Crippen molar-refractivity contribution in [3.05, 3.63) is 42.0 Å². The molecule has 1 aliphatic rings. The lowest BCUT2D eigenvalue weighted by Gasteiger charge is -2.00. The molecular formula is C14H15N3O. The molecule has 1 fully saturated rings. The molecule has 3 heterocycles. The average Bonchev–Trinajstić information content (AvgIpc) is 3.01. The third kappa shape index (κ3) is 2.33. The third-order valence-electron chi connectivity index (χ3n) is 3.02. The summed E-state index contributed by atoms with van der Waals surface area (Å²) >= 11 is 0. The number of hydrogen-bond acceptors (Lipinski definition) is 3. The van der Waals surface area contributed by atoms with Gasteiger partial charge in [0.1, 0.15) is 0 Å². The summed E-state index contributed by atoms with van der Waals surface area (Å²) in [4.78, 5) is 4.29. The number of rotatable bonds is 2. The monoisotopic (exact) mass is 241 g/mol. The first-order chi connectivity index (χ1) is 8.81. The zero-order valence-corrected chi connectivity index (χ0v) is 10.3. The van der Waals surface area contributed by atoms with Gasteiger partial charge in [-0.2, -0.15) is 5.10 Å². The Morgan fingerprint density at radius 2 is 2.22 bits per heavy atom. The van der Waals surface area contributed by atoms with Crippen LogP contribution in [0.4, 0.5) is 0 Å². The van der Waals surface area contributed by atoms with E-state index in [1.165, 1.54) is 5.57 Å². The maximum atomic E-state index is 5.35. The molecule has 0 amide bonds. The van der Waals surface area contributed by atoms with Crippen molar-refractivity contribution in [2.24, 2.45) is 7.05 Å². The molecule has 0 bridgehead atoms. The van der Waals surface area contributed by atoms with Crippen molar-refractivity contribution in [3.8, 4) is 11.1 Å².